The van der Waals surface area contributed by atoms with Gasteiger partial charge >= 0.3 is 0 Å². The molecule has 3 aromatic rings. The van der Waals surface area contributed by atoms with E-state index in [4.69, 9.17) is 14.9 Å². The number of benzene rings is 2. The van der Waals surface area contributed by atoms with Gasteiger partial charge in [0, 0.05) is 10.5 Å². The first-order valence-electron chi connectivity index (χ1n) is 7.18. The second-order valence-electron chi connectivity index (χ2n) is 4.80. The van der Waals surface area contributed by atoms with Crippen LogP contribution in [0.15, 0.2) is 75.5 Å². The van der Waals surface area contributed by atoms with E-state index in [1.54, 1.807) is 0 Å². The van der Waals surface area contributed by atoms with Gasteiger partial charge in [-0.2, -0.15) is 0 Å². The van der Waals surface area contributed by atoms with Crippen molar-refractivity contribution in [2.24, 2.45) is 10.3 Å². The highest BCUT2D eigenvalue weighted by Gasteiger charge is 2.15. The molecule has 0 unspecified atom stereocenters. The van der Waals surface area contributed by atoms with Crippen LogP contribution in [0.25, 0.3) is 21.7 Å². The number of azide groups is 1. The SMILES string of the molecule is [N-]=[N+]=Nc1onc(-c2ccccc2)c1/C=N/OCc1ccccc1. The van der Waals surface area contributed by atoms with Gasteiger partial charge in [-0.25, -0.2) is 0 Å². The Hall–Kier alpha value is -3.57. The predicted molar refractivity (Wildman–Crippen MR) is 89.6 cm³/mol. The molecular formula is C17H13N5O2. The Kier molecular flexibility index (Phi) is 4.87. The normalized spacial score (nSPS) is 10.5. The third-order valence-corrected chi connectivity index (χ3v) is 3.22. The van der Waals surface area contributed by atoms with Gasteiger partial charge in [-0.05, 0) is 16.2 Å². The lowest BCUT2D eigenvalue weighted by atomic mass is 10.1. The minimum atomic E-state index is 0.0448. The van der Waals surface area contributed by atoms with Crippen molar-refractivity contribution in [3.8, 4) is 11.3 Å². The smallest absolute Gasteiger partial charge is 0.232 e. The molecule has 0 atom stereocenters. The van der Waals surface area contributed by atoms with Gasteiger partial charge in [-0.1, -0.05) is 71.0 Å². The van der Waals surface area contributed by atoms with Gasteiger partial charge < -0.3 is 9.36 Å². The zero-order chi connectivity index (χ0) is 16.6. The Morgan fingerprint density at radius 2 is 1.79 bits per heavy atom. The molecule has 0 saturated carbocycles. The second kappa shape index (κ2) is 7.62. The molecule has 1 heterocycles. The minimum Gasteiger partial charge on any atom is -0.391 e. The van der Waals surface area contributed by atoms with Crippen LogP contribution in [0.3, 0.4) is 0 Å². The van der Waals surface area contributed by atoms with Crippen LogP contribution in [0.2, 0.25) is 0 Å². The maximum absolute atomic E-state index is 8.64. The maximum Gasteiger partial charge on any atom is 0.232 e. The van der Waals surface area contributed by atoms with Gasteiger partial charge in [0.2, 0.25) is 5.88 Å². The molecule has 0 bridgehead atoms. The third kappa shape index (κ3) is 3.60. The lowest BCUT2D eigenvalue weighted by molar-refractivity contribution is 0.132. The summed E-state index contributed by atoms with van der Waals surface area (Å²) < 4.78 is 5.09. The summed E-state index contributed by atoms with van der Waals surface area (Å²) in [4.78, 5) is 8.02. The summed E-state index contributed by atoms with van der Waals surface area (Å²) in [6, 6.07) is 19.1. The molecule has 0 spiro atoms. The third-order valence-electron chi connectivity index (χ3n) is 3.22. The summed E-state index contributed by atoms with van der Waals surface area (Å²) in [6.07, 6.45) is 1.44. The van der Waals surface area contributed by atoms with E-state index in [1.165, 1.54) is 6.21 Å². The molecule has 0 aliphatic rings. The van der Waals surface area contributed by atoms with Crippen LogP contribution in [0.4, 0.5) is 5.88 Å². The highest BCUT2D eigenvalue weighted by atomic mass is 16.6. The van der Waals surface area contributed by atoms with E-state index < -0.39 is 0 Å². The van der Waals surface area contributed by atoms with Crippen molar-refractivity contribution in [1.29, 1.82) is 0 Å². The number of nitrogens with zero attached hydrogens (tertiary/aromatic N) is 5. The lowest BCUT2D eigenvalue weighted by Gasteiger charge is -1.99. The molecule has 2 aromatic carbocycles. The van der Waals surface area contributed by atoms with Crippen molar-refractivity contribution < 1.29 is 9.36 Å². The number of hydrogen-bond donors (Lipinski definition) is 0. The van der Waals surface area contributed by atoms with E-state index in [2.05, 4.69) is 20.3 Å². The molecule has 1 aromatic heterocycles. The van der Waals surface area contributed by atoms with Crippen molar-refractivity contribution in [2.75, 3.05) is 0 Å². The number of oxime groups is 1. The first kappa shape index (κ1) is 15.3. The van der Waals surface area contributed by atoms with Crippen LogP contribution in [0.5, 0.6) is 0 Å². The molecular weight excluding hydrogens is 306 g/mol. The molecule has 0 aliphatic carbocycles. The first-order valence-corrected chi connectivity index (χ1v) is 7.18. The Morgan fingerprint density at radius 1 is 1.08 bits per heavy atom. The van der Waals surface area contributed by atoms with Crippen molar-refractivity contribution in [3.63, 3.8) is 0 Å². The largest absolute Gasteiger partial charge is 0.391 e. The van der Waals surface area contributed by atoms with E-state index in [1.807, 2.05) is 60.7 Å². The summed E-state index contributed by atoms with van der Waals surface area (Å²) in [6.45, 7) is 0.333. The van der Waals surface area contributed by atoms with E-state index in [0.717, 1.165) is 11.1 Å². The second-order valence-corrected chi connectivity index (χ2v) is 4.80. The molecule has 24 heavy (non-hydrogen) atoms. The molecule has 0 fully saturated rings. The monoisotopic (exact) mass is 319 g/mol. The zero-order valence-corrected chi connectivity index (χ0v) is 12.6. The number of rotatable bonds is 6. The summed E-state index contributed by atoms with van der Waals surface area (Å²) in [7, 11) is 0. The Labute approximate surface area is 137 Å². The highest BCUT2D eigenvalue weighted by molar-refractivity contribution is 5.92. The fourth-order valence-electron chi connectivity index (χ4n) is 2.10. The van der Waals surface area contributed by atoms with E-state index in [0.29, 0.717) is 17.9 Å². The minimum absolute atomic E-state index is 0.0448. The first-order chi connectivity index (χ1) is 11.9. The van der Waals surface area contributed by atoms with Crippen molar-refractivity contribution >= 4 is 12.1 Å². The molecule has 118 valence electrons. The molecule has 0 radical (unpaired) electrons. The van der Waals surface area contributed by atoms with Gasteiger partial charge in [-0.3, -0.25) is 0 Å². The van der Waals surface area contributed by atoms with Crippen molar-refractivity contribution in [2.45, 2.75) is 6.61 Å². The molecule has 3 rings (SSSR count). The van der Waals surface area contributed by atoms with Crippen LogP contribution >= 0.6 is 0 Å². The predicted octanol–water partition coefficient (Wildman–Crippen LogP) is 4.83. The summed E-state index contributed by atoms with van der Waals surface area (Å²) in [5.74, 6) is 0.0448. The topological polar surface area (TPSA) is 96.4 Å². The average Bonchev–Trinajstić information content (AvgIpc) is 3.03. The quantitative estimate of drug-likeness (QED) is 0.214. The highest BCUT2D eigenvalue weighted by Crippen LogP contribution is 2.29. The zero-order valence-electron chi connectivity index (χ0n) is 12.6. The molecule has 7 heteroatoms. The van der Waals surface area contributed by atoms with Crippen LogP contribution in [-0.2, 0) is 11.4 Å². The molecule has 0 N–H and O–H groups in total. The summed E-state index contributed by atoms with van der Waals surface area (Å²) >= 11 is 0. The Morgan fingerprint density at radius 3 is 2.50 bits per heavy atom. The molecule has 7 nitrogen and oxygen atoms in total. The molecule has 0 saturated heterocycles. The van der Waals surface area contributed by atoms with Crippen LogP contribution in [-0.4, -0.2) is 11.4 Å². The van der Waals surface area contributed by atoms with Crippen molar-refractivity contribution in [1.82, 2.24) is 5.16 Å². The fourth-order valence-corrected chi connectivity index (χ4v) is 2.10. The van der Waals surface area contributed by atoms with E-state index >= 15 is 0 Å². The maximum atomic E-state index is 8.64. The van der Waals surface area contributed by atoms with Gasteiger partial charge in [0.05, 0.1) is 11.8 Å². The standard InChI is InChI=1S/C17H13N5O2/c18-22-20-17-15(11-19-23-12-13-7-3-1-4-8-13)16(21-24-17)14-9-5-2-6-10-14/h1-11H,12H2/b19-11+. The lowest BCUT2D eigenvalue weighted by Crippen LogP contribution is -1.89. The van der Waals surface area contributed by atoms with Gasteiger partial charge in [-0.15, -0.1) is 0 Å². The van der Waals surface area contributed by atoms with Gasteiger partial charge in [0.1, 0.15) is 12.3 Å². The van der Waals surface area contributed by atoms with Crippen molar-refractivity contribution in [3.05, 3.63) is 82.2 Å². The van der Waals surface area contributed by atoms with Gasteiger partial charge in [0.15, 0.2) is 0 Å². The average molecular weight is 319 g/mol. The number of aromatic nitrogens is 1. The fraction of sp³-hybridized carbons (Fsp3) is 0.0588. The van der Waals surface area contributed by atoms with Crippen LogP contribution in [0, 0.1) is 0 Å². The number of hydrogen-bond acceptors (Lipinski definition) is 5. The van der Waals surface area contributed by atoms with Crippen LogP contribution < -0.4 is 0 Å². The molecule has 0 amide bonds. The Bertz CT molecular complexity index is 869. The summed E-state index contributed by atoms with van der Waals surface area (Å²) in [5.41, 5.74) is 11.5. The van der Waals surface area contributed by atoms with Gasteiger partial charge in [0.25, 0.3) is 0 Å². The van der Waals surface area contributed by atoms with E-state index in [9.17, 15) is 0 Å². The van der Waals surface area contributed by atoms with E-state index in [-0.39, 0.29) is 5.88 Å². The molecule has 0 aliphatic heterocycles. The van der Waals surface area contributed by atoms with Crippen LogP contribution in [0.1, 0.15) is 11.1 Å². The summed E-state index contributed by atoms with van der Waals surface area (Å²) in [5, 5.41) is 11.4. The Balaban J connectivity index is 1.81.